The van der Waals surface area contributed by atoms with Gasteiger partial charge >= 0.3 is 6.18 Å². The van der Waals surface area contributed by atoms with E-state index >= 15 is 0 Å². The van der Waals surface area contributed by atoms with Gasteiger partial charge in [-0.3, -0.25) is 14.5 Å². The summed E-state index contributed by atoms with van der Waals surface area (Å²) in [7, 11) is 2.94. The van der Waals surface area contributed by atoms with E-state index in [0.29, 0.717) is 35.8 Å². The van der Waals surface area contributed by atoms with Crippen molar-refractivity contribution in [3.05, 3.63) is 65.2 Å². The van der Waals surface area contributed by atoms with Gasteiger partial charge in [0.2, 0.25) is 5.91 Å². The fourth-order valence-electron chi connectivity index (χ4n) is 5.79. The Bertz CT molecular complexity index is 1200. The van der Waals surface area contributed by atoms with Crippen molar-refractivity contribution in [1.82, 2.24) is 14.7 Å². The summed E-state index contributed by atoms with van der Waals surface area (Å²) in [4.78, 5) is 30.9. The molecule has 0 unspecified atom stereocenters. The van der Waals surface area contributed by atoms with E-state index in [2.05, 4.69) is 4.90 Å². The molecule has 0 bridgehead atoms. The molecule has 6 nitrogen and oxygen atoms in total. The van der Waals surface area contributed by atoms with Crippen molar-refractivity contribution in [3.63, 3.8) is 0 Å². The van der Waals surface area contributed by atoms with Crippen LogP contribution in [0.3, 0.4) is 0 Å². The van der Waals surface area contributed by atoms with E-state index in [1.807, 2.05) is 36.2 Å². The molecule has 5 rings (SSSR count). The number of halogens is 5. The van der Waals surface area contributed by atoms with Gasteiger partial charge in [0.15, 0.2) is 0 Å². The second-order valence-corrected chi connectivity index (χ2v) is 12.4. The van der Waals surface area contributed by atoms with Crippen LogP contribution in [0.2, 0.25) is 0 Å². The Balaban J connectivity index is 0.000000367. The molecule has 1 aliphatic carbocycles. The number of anilines is 1. The van der Waals surface area contributed by atoms with E-state index in [0.717, 1.165) is 39.0 Å². The molecule has 12 heteroatoms. The number of nitrogens with zero attached hydrogens (tertiary/aromatic N) is 4. The minimum absolute atomic E-state index is 0.158. The van der Waals surface area contributed by atoms with Crippen molar-refractivity contribution in [1.29, 1.82) is 0 Å². The number of amides is 2. The van der Waals surface area contributed by atoms with Crippen molar-refractivity contribution in [3.8, 4) is 0 Å². The highest BCUT2D eigenvalue weighted by molar-refractivity contribution is 7.97. The van der Waals surface area contributed by atoms with Gasteiger partial charge in [-0.25, -0.2) is 8.78 Å². The normalized spacial score (nSPS) is 17.3. The molecule has 3 fully saturated rings. The maximum Gasteiger partial charge on any atom is 0.393 e. The first-order chi connectivity index (χ1) is 21.2. The fraction of sp³-hybridized carbons (Fsp3) is 0.576. The van der Waals surface area contributed by atoms with E-state index in [9.17, 15) is 31.5 Å². The molecule has 2 saturated heterocycles. The number of benzene rings is 2. The standard InChI is InChI=1S/C21H28F2N4O2.C8H7F3.C2H6S.C2H6/c1-14(28)27-12-21(13-27)10-16(11-21)26-6-4-25(5-7-26)15-8-17(22)19(18(23)9-15)20(29)24(2)3;9-8(10,11)6-7-4-2-1-3-5-7;1-3-2;1-2/h8-9,16H,4-7,10-13H2,1-3H3;1-5H,6H2;1-2H3;1-2H3. The molecule has 2 amide bonds. The van der Waals surface area contributed by atoms with Crippen LogP contribution in [0.4, 0.5) is 27.6 Å². The second kappa shape index (κ2) is 17.2. The van der Waals surface area contributed by atoms with Crippen LogP contribution in [-0.2, 0) is 11.2 Å². The summed E-state index contributed by atoms with van der Waals surface area (Å²) in [5.41, 5.74) is 0.613. The summed E-state index contributed by atoms with van der Waals surface area (Å²) < 4.78 is 64.0. The largest absolute Gasteiger partial charge is 0.393 e. The van der Waals surface area contributed by atoms with Crippen LogP contribution in [0.25, 0.3) is 0 Å². The molecule has 0 radical (unpaired) electrons. The van der Waals surface area contributed by atoms with Crippen LogP contribution in [0, 0.1) is 17.0 Å². The molecule has 2 heterocycles. The number of carbonyl (C=O) groups excluding carboxylic acids is 2. The van der Waals surface area contributed by atoms with Crippen LogP contribution >= 0.6 is 11.8 Å². The summed E-state index contributed by atoms with van der Waals surface area (Å²) in [6.45, 7) is 10.5. The molecular formula is C33H47F5N4O2S. The Morgan fingerprint density at radius 1 is 0.933 bits per heavy atom. The first-order valence-corrected chi connectivity index (χ1v) is 16.8. The Kier molecular flexibility index (Phi) is 14.6. The number of rotatable bonds is 4. The van der Waals surface area contributed by atoms with Crippen LogP contribution in [0.5, 0.6) is 0 Å². The van der Waals surface area contributed by atoms with Gasteiger partial charge < -0.3 is 14.7 Å². The Morgan fingerprint density at radius 2 is 1.42 bits per heavy atom. The SMILES string of the molecule is CC.CC(=O)N1CC2(CC(N3CCN(c4cc(F)c(C(=O)N(C)C)c(F)c4)CC3)C2)C1.CSC.FC(F)(F)Cc1ccccc1. The molecule has 2 aromatic carbocycles. The predicted octanol–water partition coefficient (Wildman–Crippen LogP) is 6.60. The molecule has 3 aliphatic rings. The number of alkyl halides is 3. The second-order valence-electron chi connectivity index (χ2n) is 11.6. The third-order valence-electron chi connectivity index (χ3n) is 7.93. The smallest absolute Gasteiger partial charge is 0.369 e. The summed E-state index contributed by atoms with van der Waals surface area (Å²) in [5, 5.41) is 0. The number of thioether (sulfide) groups is 1. The molecule has 45 heavy (non-hydrogen) atoms. The third-order valence-corrected chi connectivity index (χ3v) is 7.93. The maximum atomic E-state index is 14.4. The Labute approximate surface area is 268 Å². The summed E-state index contributed by atoms with van der Waals surface area (Å²) in [5.74, 6) is -2.15. The van der Waals surface area contributed by atoms with Crippen LogP contribution < -0.4 is 4.90 Å². The van der Waals surface area contributed by atoms with Crippen LogP contribution in [0.15, 0.2) is 42.5 Å². The average Bonchev–Trinajstić information content (AvgIpc) is 2.93. The van der Waals surface area contributed by atoms with Crippen LogP contribution in [0.1, 0.15) is 49.5 Å². The number of hydrogen-bond acceptors (Lipinski definition) is 5. The zero-order chi connectivity index (χ0) is 33.9. The van der Waals surface area contributed by atoms with E-state index in [1.165, 1.54) is 43.3 Å². The first-order valence-electron chi connectivity index (χ1n) is 15.1. The molecule has 2 aliphatic heterocycles. The molecule has 2 aromatic rings. The first kappa shape index (κ1) is 38.3. The van der Waals surface area contributed by atoms with E-state index in [-0.39, 0.29) is 5.91 Å². The highest BCUT2D eigenvalue weighted by Crippen LogP contribution is 2.50. The minimum Gasteiger partial charge on any atom is -0.369 e. The predicted molar refractivity (Wildman–Crippen MR) is 173 cm³/mol. The molecule has 0 N–H and O–H groups in total. The monoisotopic (exact) mass is 658 g/mol. The number of likely N-dealkylation sites (tertiary alicyclic amines) is 1. The Morgan fingerprint density at radius 3 is 1.84 bits per heavy atom. The number of piperazine rings is 1. The van der Waals surface area contributed by atoms with Crippen molar-refractivity contribution < 1.29 is 31.5 Å². The Hall–Kier alpha value is -2.86. The van der Waals surface area contributed by atoms with Gasteiger partial charge in [-0.15, -0.1) is 0 Å². The highest BCUT2D eigenvalue weighted by Gasteiger charge is 2.54. The average molecular weight is 659 g/mol. The van der Waals surface area contributed by atoms with Crippen molar-refractivity contribution in [2.75, 3.05) is 70.8 Å². The number of hydrogen-bond donors (Lipinski definition) is 0. The molecule has 1 spiro atoms. The zero-order valence-corrected chi connectivity index (χ0v) is 28.2. The molecule has 1 saturated carbocycles. The van der Waals surface area contributed by atoms with Gasteiger partial charge in [-0.2, -0.15) is 24.9 Å². The van der Waals surface area contributed by atoms with E-state index in [1.54, 1.807) is 36.9 Å². The zero-order valence-electron chi connectivity index (χ0n) is 27.4. The quantitative estimate of drug-likeness (QED) is 0.347. The van der Waals surface area contributed by atoms with Crippen molar-refractivity contribution in [2.45, 2.75) is 52.3 Å². The van der Waals surface area contributed by atoms with E-state index < -0.39 is 35.7 Å². The van der Waals surface area contributed by atoms with Gasteiger partial charge in [0.1, 0.15) is 17.2 Å². The lowest BCUT2D eigenvalue weighted by Gasteiger charge is -2.61. The minimum atomic E-state index is -4.10. The maximum absolute atomic E-state index is 14.4. The fourth-order valence-corrected chi connectivity index (χ4v) is 5.79. The molecule has 0 aromatic heterocycles. The van der Waals surface area contributed by atoms with Gasteiger partial charge in [0, 0.05) is 77.4 Å². The highest BCUT2D eigenvalue weighted by atomic mass is 32.2. The lowest BCUT2D eigenvalue weighted by Crippen LogP contribution is -2.68. The summed E-state index contributed by atoms with van der Waals surface area (Å²) >= 11 is 1.75. The summed E-state index contributed by atoms with van der Waals surface area (Å²) in [6.07, 6.45) is 1.40. The lowest BCUT2D eigenvalue weighted by molar-refractivity contribution is -0.155. The van der Waals surface area contributed by atoms with Crippen molar-refractivity contribution in [2.24, 2.45) is 5.41 Å². The lowest BCUT2D eigenvalue weighted by atomic mass is 9.60. The van der Waals surface area contributed by atoms with Crippen LogP contribution in [-0.4, -0.2) is 105 Å². The van der Waals surface area contributed by atoms with Crippen molar-refractivity contribution >= 4 is 29.3 Å². The van der Waals surface area contributed by atoms with E-state index in [4.69, 9.17) is 0 Å². The molecule has 252 valence electrons. The molecular weight excluding hydrogens is 611 g/mol. The third kappa shape index (κ3) is 10.9. The topological polar surface area (TPSA) is 47.1 Å². The van der Waals surface area contributed by atoms with Gasteiger partial charge in [0.05, 0.1) is 6.42 Å². The van der Waals surface area contributed by atoms with Gasteiger partial charge in [-0.1, -0.05) is 44.2 Å². The van der Waals surface area contributed by atoms with Gasteiger partial charge in [0.25, 0.3) is 5.91 Å². The van der Waals surface area contributed by atoms with Gasteiger partial charge in [-0.05, 0) is 43.0 Å². The molecule has 0 atom stereocenters. The summed E-state index contributed by atoms with van der Waals surface area (Å²) in [6, 6.07) is 10.9. The number of carbonyl (C=O) groups is 2.